The minimum atomic E-state index is 0.0594. The van der Waals surface area contributed by atoms with Gasteiger partial charge in [0.25, 0.3) is 5.95 Å². The average Bonchev–Trinajstić information content (AvgIpc) is 2.96. The molecular weight excluding hydrogens is 379 g/mol. The summed E-state index contributed by atoms with van der Waals surface area (Å²) in [5, 5.41) is 7.65. The predicted octanol–water partition coefficient (Wildman–Crippen LogP) is 3.87. The molecule has 2 heterocycles. The van der Waals surface area contributed by atoms with Gasteiger partial charge in [-0.2, -0.15) is 20.1 Å². The van der Waals surface area contributed by atoms with Crippen LogP contribution in [0.2, 0.25) is 10.3 Å². The van der Waals surface area contributed by atoms with Crippen LogP contribution in [0.5, 0.6) is 0 Å². The minimum Gasteiger partial charge on any atom is -0.323 e. The van der Waals surface area contributed by atoms with E-state index in [1.54, 1.807) is 24.5 Å². The molecule has 0 radical (unpaired) electrons. The number of aromatic nitrogens is 5. The predicted molar refractivity (Wildman–Crippen MR) is 84.4 cm³/mol. The van der Waals surface area contributed by atoms with E-state index in [9.17, 15) is 0 Å². The summed E-state index contributed by atoms with van der Waals surface area (Å²) in [6.45, 7) is 0. The van der Waals surface area contributed by atoms with Gasteiger partial charge in [-0.1, -0.05) is 27.5 Å². The Labute approximate surface area is 138 Å². The maximum Gasteiger partial charge on any atom is 0.256 e. The lowest BCUT2D eigenvalue weighted by atomic mass is 10.3. The Hall–Kier alpha value is -1.70. The highest BCUT2D eigenvalue weighted by Crippen LogP contribution is 2.27. The fraction of sp³-hybridized carbons (Fsp3) is 0. The van der Waals surface area contributed by atoms with Gasteiger partial charge < -0.3 is 5.32 Å². The van der Waals surface area contributed by atoms with E-state index in [2.05, 4.69) is 41.3 Å². The third-order valence-electron chi connectivity index (χ3n) is 2.48. The molecule has 1 N–H and O–H groups in total. The van der Waals surface area contributed by atoms with E-state index in [4.69, 9.17) is 23.2 Å². The molecular formula is C12H7BrCl2N6. The van der Waals surface area contributed by atoms with Gasteiger partial charge in [0.2, 0.25) is 11.2 Å². The first-order chi connectivity index (χ1) is 10.1. The van der Waals surface area contributed by atoms with Crippen LogP contribution in [-0.2, 0) is 0 Å². The smallest absolute Gasteiger partial charge is 0.256 e. The molecule has 3 rings (SSSR count). The molecule has 21 heavy (non-hydrogen) atoms. The molecule has 0 fully saturated rings. The Morgan fingerprint density at radius 3 is 2.76 bits per heavy atom. The lowest BCUT2D eigenvalue weighted by molar-refractivity contribution is 0.798. The van der Waals surface area contributed by atoms with Gasteiger partial charge in [0.15, 0.2) is 0 Å². The first-order valence-corrected chi connectivity index (χ1v) is 7.30. The maximum atomic E-state index is 6.12. The van der Waals surface area contributed by atoms with E-state index in [0.717, 1.165) is 4.47 Å². The van der Waals surface area contributed by atoms with Gasteiger partial charge in [-0.3, -0.25) is 0 Å². The van der Waals surface area contributed by atoms with Crippen LogP contribution in [0.3, 0.4) is 0 Å². The highest BCUT2D eigenvalue weighted by atomic mass is 79.9. The van der Waals surface area contributed by atoms with E-state index in [1.165, 1.54) is 4.68 Å². The number of hydrogen-bond acceptors (Lipinski definition) is 5. The molecule has 0 aliphatic carbocycles. The van der Waals surface area contributed by atoms with E-state index in [1.807, 2.05) is 12.1 Å². The first kappa shape index (κ1) is 14.2. The van der Waals surface area contributed by atoms with Crippen molar-refractivity contribution in [3.63, 3.8) is 0 Å². The van der Waals surface area contributed by atoms with Crippen molar-refractivity contribution in [2.24, 2.45) is 0 Å². The quantitative estimate of drug-likeness (QED) is 0.741. The average molecular weight is 386 g/mol. The third kappa shape index (κ3) is 3.31. The standard InChI is InChI=1S/C12H7BrCl2N6/c13-7-2-3-8(14)9(6-7)17-11-18-10(15)19-12(20-11)21-5-1-4-16-21/h1-6H,(H,17,18,19,20). The van der Waals surface area contributed by atoms with Crippen LogP contribution < -0.4 is 5.32 Å². The number of nitrogens with zero attached hydrogens (tertiary/aromatic N) is 5. The number of benzene rings is 1. The zero-order valence-corrected chi connectivity index (χ0v) is 13.4. The lowest BCUT2D eigenvalue weighted by Crippen LogP contribution is -2.07. The molecule has 6 nitrogen and oxygen atoms in total. The molecule has 0 atom stereocenters. The van der Waals surface area contributed by atoms with Crippen LogP contribution in [0.15, 0.2) is 41.1 Å². The second-order valence-electron chi connectivity index (χ2n) is 3.93. The summed E-state index contributed by atoms with van der Waals surface area (Å²) in [6.07, 6.45) is 3.33. The molecule has 0 aliphatic rings. The van der Waals surface area contributed by atoms with E-state index >= 15 is 0 Å². The Kier molecular flexibility index (Phi) is 4.05. The van der Waals surface area contributed by atoms with Crippen molar-refractivity contribution in [3.8, 4) is 5.95 Å². The number of halogens is 3. The monoisotopic (exact) mass is 384 g/mol. The molecule has 3 aromatic rings. The van der Waals surface area contributed by atoms with E-state index < -0.39 is 0 Å². The van der Waals surface area contributed by atoms with Gasteiger partial charge in [0, 0.05) is 16.9 Å². The van der Waals surface area contributed by atoms with Gasteiger partial charge in [-0.25, -0.2) is 4.68 Å². The summed E-state index contributed by atoms with van der Waals surface area (Å²) in [5.41, 5.74) is 0.653. The van der Waals surface area contributed by atoms with Gasteiger partial charge >= 0.3 is 0 Å². The molecule has 0 saturated carbocycles. The Morgan fingerprint density at radius 1 is 1.14 bits per heavy atom. The van der Waals surface area contributed by atoms with Crippen LogP contribution in [0, 0.1) is 0 Å². The topological polar surface area (TPSA) is 68.5 Å². The van der Waals surface area contributed by atoms with Crippen molar-refractivity contribution in [1.29, 1.82) is 0 Å². The maximum absolute atomic E-state index is 6.12. The summed E-state index contributed by atoms with van der Waals surface area (Å²) in [7, 11) is 0. The summed E-state index contributed by atoms with van der Waals surface area (Å²) >= 11 is 15.4. The molecule has 0 amide bonds. The number of nitrogens with one attached hydrogen (secondary N) is 1. The van der Waals surface area contributed by atoms with Crippen molar-refractivity contribution < 1.29 is 0 Å². The van der Waals surface area contributed by atoms with E-state index in [0.29, 0.717) is 16.7 Å². The van der Waals surface area contributed by atoms with Crippen LogP contribution in [0.4, 0.5) is 11.6 Å². The Bertz CT molecular complexity index is 777. The normalized spacial score (nSPS) is 10.6. The summed E-state index contributed by atoms with van der Waals surface area (Å²) in [5.74, 6) is 0.592. The van der Waals surface area contributed by atoms with Gasteiger partial charge in [-0.15, -0.1) is 0 Å². The Morgan fingerprint density at radius 2 is 2.00 bits per heavy atom. The van der Waals surface area contributed by atoms with Gasteiger partial charge in [-0.05, 0) is 35.9 Å². The summed E-state index contributed by atoms with van der Waals surface area (Å²) in [6, 6.07) is 7.16. The molecule has 106 valence electrons. The minimum absolute atomic E-state index is 0.0594. The third-order valence-corrected chi connectivity index (χ3v) is 3.47. The van der Waals surface area contributed by atoms with E-state index in [-0.39, 0.29) is 11.2 Å². The molecule has 2 aromatic heterocycles. The van der Waals surface area contributed by atoms with Gasteiger partial charge in [0.1, 0.15) is 0 Å². The first-order valence-electron chi connectivity index (χ1n) is 5.75. The fourth-order valence-corrected chi connectivity index (χ4v) is 2.28. The lowest BCUT2D eigenvalue weighted by Gasteiger charge is -2.08. The summed E-state index contributed by atoms with van der Waals surface area (Å²) in [4.78, 5) is 12.3. The largest absolute Gasteiger partial charge is 0.323 e. The van der Waals surface area contributed by atoms with Crippen molar-refractivity contribution >= 4 is 50.8 Å². The van der Waals surface area contributed by atoms with Crippen LogP contribution in [-0.4, -0.2) is 24.7 Å². The number of rotatable bonds is 3. The van der Waals surface area contributed by atoms with Crippen LogP contribution >= 0.6 is 39.1 Å². The van der Waals surface area contributed by atoms with Crippen molar-refractivity contribution in [2.45, 2.75) is 0 Å². The summed E-state index contributed by atoms with van der Waals surface area (Å²) < 4.78 is 2.36. The number of hydrogen-bond donors (Lipinski definition) is 1. The molecule has 0 bridgehead atoms. The highest BCUT2D eigenvalue weighted by Gasteiger charge is 2.09. The van der Waals surface area contributed by atoms with Crippen molar-refractivity contribution in [3.05, 3.63) is 51.4 Å². The second kappa shape index (κ2) is 5.97. The van der Waals surface area contributed by atoms with Crippen molar-refractivity contribution in [2.75, 3.05) is 5.32 Å². The molecule has 0 saturated heterocycles. The van der Waals surface area contributed by atoms with Crippen LogP contribution in [0.1, 0.15) is 0 Å². The molecule has 9 heteroatoms. The Balaban J connectivity index is 1.97. The fourth-order valence-electron chi connectivity index (χ4n) is 1.60. The molecule has 0 unspecified atom stereocenters. The highest BCUT2D eigenvalue weighted by molar-refractivity contribution is 9.10. The second-order valence-corrected chi connectivity index (χ2v) is 5.59. The SMILES string of the molecule is Clc1nc(Nc2cc(Br)ccc2Cl)nc(-n2cccn2)n1. The molecule has 0 spiro atoms. The van der Waals surface area contributed by atoms with Crippen LogP contribution in [0.25, 0.3) is 5.95 Å². The molecule has 0 aliphatic heterocycles. The number of anilines is 2. The molecule has 1 aromatic carbocycles. The zero-order chi connectivity index (χ0) is 14.8. The van der Waals surface area contributed by atoms with Gasteiger partial charge in [0.05, 0.1) is 10.7 Å². The van der Waals surface area contributed by atoms with Crippen molar-refractivity contribution in [1.82, 2.24) is 24.7 Å². The zero-order valence-electron chi connectivity index (χ0n) is 10.3.